The lowest BCUT2D eigenvalue weighted by Crippen LogP contribution is -2.06. The third-order valence-electron chi connectivity index (χ3n) is 1.42. The number of aliphatic hydroxyl groups excluding tert-OH is 1. The van der Waals surface area contributed by atoms with Gasteiger partial charge in [-0.15, -0.1) is 11.3 Å². The fraction of sp³-hybridized carbons (Fsp3) is 0.500. The standard InChI is InChI=1S/C8H11NO3S/c1-2-12-5-7(11)8-9-3-6(4-10)13-8/h3-4,7,11H,2,5H2,1H3. The van der Waals surface area contributed by atoms with Crippen molar-refractivity contribution in [2.75, 3.05) is 13.2 Å². The van der Waals surface area contributed by atoms with E-state index in [1.165, 1.54) is 17.5 Å². The summed E-state index contributed by atoms with van der Waals surface area (Å²) in [6, 6.07) is 0. The highest BCUT2D eigenvalue weighted by atomic mass is 32.1. The number of aldehydes is 1. The molecule has 13 heavy (non-hydrogen) atoms. The molecule has 1 unspecified atom stereocenters. The molecule has 0 radical (unpaired) electrons. The van der Waals surface area contributed by atoms with Gasteiger partial charge in [-0.2, -0.15) is 0 Å². The topological polar surface area (TPSA) is 59.4 Å². The van der Waals surface area contributed by atoms with Crippen LogP contribution in [-0.2, 0) is 4.74 Å². The monoisotopic (exact) mass is 201 g/mol. The van der Waals surface area contributed by atoms with Gasteiger partial charge in [0.2, 0.25) is 0 Å². The number of carbonyl (C=O) groups excluding carboxylic acids is 1. The molecule has 0 aliphatic heterocycles. The molecule has 0 amide bonds. The van der Waals surface area contributed by atoms with Gasteiger partial charge in [-0.25, -0.2) is 4.98 Å². The van der Waals surface area contributed by atoms with Crippen molar-refractivity contribution >= 4 is 17.6 Å². The number of thiazole rings is 1. The SMILES string of the molecule is CCOCC(O)c1ncc(C=O)s1. The maximum atomic E-state index is 10.3. The number of aromatic nitrogens is 1. The van der Waals surface area contributed by atoms with Crippen molar-refractivity contribution in [3.63, 3.8) is 0 Å². The molecule has 5 heteroatoms. The van der Waals surface area contributed by atoms with Gasteiger partial charge in [0, 0.05) is 12.8 Å². The summed E-state index contributed by atoms with van der Waals surface area (Å²) in [5.74, 6) is 0. The van der Waals surface area contributed by atoms with Crippen LogP contribution in [0.3, 0.4) is 0 Å². The van der Waals surface area contributed by atoms with Crippen LogP contribution >= 0.6 is 11.3 Å². The zero-order valence-corrected chi connectivity index (χ0v) is 8.08. The fourth-order valence-corrected chi connectivity index (χ4v) is 1.51. The van der Waals surface area contributed by atoms with E-state index >= 15 is 0 Å². The molecular formula is C8H11NO3S. The van der Waals surface area contributed by atoms with Gasteiger partial charge in [0.15, 0.2) is 6.29 Å². The Balaban J connectivity index is 2.54. The molecule has 1 rings (SSSR count). The summed E-state index contributed by atoms with van der Waals surface area (Å²) < 4.78 is 5.02. The van der Waals surface area contributed by atoms with Crippen LogP contribution in [0.2, 0.25) is 0 Å². The van der Waals surface area contributed by atoms with Crippen molar-refractivity contribution in [1.82, 2.24) is 4.98 Å². The van der Waals surface area contributed by atoms with Crippen molar-refractivity contribution in [2.45, 2.75) is 13.0 Å². The van der Waals surface area contributed by atoms with Gasteiger partial charge in [-0.05, 0) is 6.92 Å². The quantitative estimate of drug-likeness (QED) is 0.723. The van der Waals surface area contributed by atoms with E-state index in [-0.39, 0.29) is 6.61 Å². The van der Waals surface area contributed by atoms with Gasteiger partial charge in [-0.1, -0.05) is 0 Å². The fourth-order valence-electron chi connectivity index (χ4n) is 0.810. The van der Waals surface area contributed by atoms with E-state index in [0.717, 1.165) is 0 Å². The van der Waals surface area contributed by atoms with Gasteiger partial charge in [0.25, 0.3) is 0 Å². The first kappa shape index (κ1) is 10.3. The summed E-state index contributed by atoms with van der Waals surface area (Å²) >= 11 is 1.18. The Kier molecular flexibility index (Phi) is 4.01. The number of hydrogen-bond donors (Lipinski definition) is 1. The molecule has 1 aromatic rings. The first-order chi connectivity index (χ1) is 6.27. The van der Waals surface area contributed by atoms with Gasteiger partial charge >= 0.3 is 0 Å². The van der Waals surface area contributed by atoms with E-state index in [4.69, 9.17) is 4.74 Å². The molecule has 1 atom stereocenters. The third kappa shape index (κ3) is 2.87. The van der Waals surface area contributed by atoms with E-state index < -0.39 is 6.10 Å². The van der Waals surface area contributed by atoms with Crippen LogP contribution in [0, 0.1) is 0 Å². The number of hydrogen-bond acceptors (Lipinski definition) is 5. The summed E-state index contributed by atoms with van der Waals surface area (Å²) in [4.78, 5) is 14.7. The smallest absolute Gasteiger partial charge is 0.161 e. The molecule has 72 valence electrons. The molecule has 0 bridgehead atoms. The first-order valence-corrected chi connectivity index (χ1v) is 4.76. The van der Waals surface area contributed by atoms with Crippen molar-refractivity contribution < 1.29 is 14.6 Å². The summed E-state index contributed by atoms with van der Waals surface area (Å²) in [5.41, 5.74) is 0. The third-order valence-corrected chi connectivity index (χ3v) is 2.45. The van der Waals surface area contributed by atoms with Crippen LogP contribution in [0.5, 0.6) is 0 Å². The lowest BCUT2D eigenvalue weighted by Gasteiger charge is -2.05. The lowest BCUT2D eigenvalue weighted by molar-refractivity contribution is 0.0419. The van der Waals surface area contributed by atoms with Crippen molar-refractivity contribution in [2.24, 2.45) is 0 Å². The van der Waals surface area contributed by atoms with Crippen LogP contribution in [0.15, 0.2) is 6.20 Å². The second-order valence-electron chi connectivity index (χ2n) is 2.39. The van der Waals surface area contributed by atoms with Crippen LogP contribution in [-0.4, -0.2) is 29.6 Å². The molecule has 0 aromatic carbocycles. The van der Waals surface area contributed by atoms with E-state index in [0.29, 0.717) is 22.8 Å². The molecule has 4 nitrogen and oxygen atoms in total. The molecule has 0 fully saturated rings. The van der Waals surface area contributed by atoms with Gasteiger partial charge < -0.3 is 9.84 Å². The Bertz CT molecular complexity index is 274. The number of nitrogens with zero attached hydrogens (tertiary/aromatic N) is 1. The maximum Gasteiger partial charge on any atom is 0.161 e. The Morgan fingerprint density at radius 1 is 1.85 bits per heavy atom. The Morgan fingerprint density at radius 2 is 2.62 bits per heavy atom. The molecule has 0 spiro atoms. The van der Waals surface area contributed by atoms with E-state index in [1.54, 1.807) is 0 Å². The minimum absolute atomic E-state index is 0.225. The Morgan fingerprint density at radius 3 is 3.15 bits per heavy atom. The van der Waals surface area contributed by atoms with E-state index in [9.17, 15) is 9.90 Å². The van der Waals surface area contributed by atoms with Gasteiger partial charge in [0.1, 0.15) is 11.1 Å². The zero-order chi connectivity index (χ0) is 9.68. The summed E-state index contributed by atoms with van der Waals surface area (Å²) in [6.07, 6.45) is 1.44. The minimum Gasteiger partial charge on any atom is -0.383 e. The second kappa shape index (κ2) is 5.06. The molecular weight excluding hydrogens is 190 g/mol. The summed E-state index contributed by atoms with van der Waals surface area (Å²) in [5, 5.41) is 9.99. The maximum absolute atomic E-state index is 10.3. The average molecular weight is 201 g/mol. The Hall–Kier alpha value is -0.780. The zero-order valence-electron chi connectivity index (χ0n) is 7.27. The highest BCUT2D eigenvalue weighted by molar-refractivity contribution is 7.13. The summed E-state index contributed by atoms with van der Waals surface area (Å²) in [7, 11) is 0. The highest BCUT2D eigenvalue weighted by Crippen LogP contribution is 2.18. The van der Waals surface area contributed by atoms with Crippen LogP contribution in [0.4, 0.5) is 0 Å². The normalized spacial score (nSPS) is 12.8. The van der Waals surface area contributed by atoms with Crippen molar-refractivity contribution in [1.29, 1.82) is 0 Å². The van der Waals surface area contributed by atoms with E-state index in [2.05, 4.69) is 4.98 Å². The predicted octanol–water partition coefficient (Wildman–Crippen LogP) is 1.03. The average Bonchev–Trinajstić information content (AvgIpc) is 2.62. The predicted molar refractivity (Wildman–Crippen MR) is 49.0 cm³/mol. The van der Waals surface area contributed by atoms with Crippen LogP contribution in [0.1, 0.15) is 27.7 Å². The molecule has 0 aliphatic rings. The Labute approximate surface area is 80.2 Å². The molecule has 0 saturated carbocycles. The highest BCUT2D eigenvalue weighted by Gasteiger charge is 2.11. The molecule has 1 N–H and O–H groups in total. The van der Waals surface area contributed by atoms with Crippen LogP contribution in [0.25, 0.3) is 0 Å². The molecule has 0 aliphatic carbocycles. The van der Waals surface area contributed by atoms with E-state index in [1.807, 2.05) is 6.92 Å². The van der Waals surface area contributed by atoms with Gasteiger partial charge in [-0.3, -0.25) is 4.79 Å². The van der Waals surface area contributed by atoms with Gasteiger partial charge in [0.05, 0.1) is 11.5 Å². The first-order valence-electron chi connectivity index (χ1n) is 3.94. The second-order valence-corrected chi connectivity index (χ2v) is 3.49. The number of ether oxygens (including phenoxy) is 1. The molecule has 1 heterocycles. The molecule has 0 saturated heterocycles. The largest absolute Gasteiger partial charge is 0.383 e. The summed E-state index contributed by atoms with van der Waals surface area (Å²) in [6.45, 7) is 2.64. The number of rotatable bonds is 5. The van der Waals surface area contributed by atoms with Crippen LogP contribution < -0.4 is 0 Å². The minimum atomic E-state index is -0.723. The molecule has 1 aromatic heterocycles. The van der Waals surface area contributed by atoms with Crippen molar-refractivity contribution in [3.05, 3.63) is 16.1 Å². The number of carbonyl (C=O) groups is 1. The lowest BCUT2D eigenvalue weighted by atomic mass is 10.4. The van der Waals surface area contributed by atoms with Crippen molar-refractivity contribution in [3.8, 4) is 0 Å². The number of aliphatic hydroxyl groups is 1.